The van der Waals surface area contributed by atoms with Crippen LogP contribution in [-0.2, 0) is 15.1 Å². The lowest BCUT2D eigenvalue weighted by molar-refractivity contribution is -0.199. The van der Waals surface area contributed by atoms with Crippen molar-refractivity contribution in [2.24, 2.45) is 34.5 Å². The van der Waals surface area contributed by atoms with Crippen molar-refractivity contribution in [1.82, 2.24) is 10.6 Å². The minimum Gasteiger partial charge on any atom is -0.338 e. The molecule has 5 rings (SSSR count). The number of rotatable bonds is 3. The van der Waals surface area contributed by atoms with Gasteiger partial charge in [0, 0.05) is 23.5 Å². The average molecular weight is 503 g/mol. The fourth-order valence-electron chi connectivity index (χ4n) is 8.15. The van der Waals surface area contributed by atoms with E-state index in [4.69, 9.17) is 0 Å². The van der Waals surface area contributed by atoms with E-state index in [1.165, 1.54) is 12.1 Å². The first kappa shape index (κ1) is 25.3. The number of hydrogen-bond donors (Lipinski definition) is 2. The summed E-state index contributed by atoms with van der Waals surface area (Å²) < 4.78 is 43.1. The third-order valence-corrected chi connectivity index (χ3v) is 10.5. The molecule has 196 valence electrons. The summed E-state index contributed by atoms with van der Waals surface area (Å²) in [5, 5.41) is 5.57. The number of amides is 2. The number of allylic oxidation sites excluding steroid dienone is 2. The van der Waals surface area contributed by atoms with Crippen molar-refractivity contribution in [2.75, 3.05) is 0 Å². The summed E-state index contributed by atoms with van der Waals surface area (Å²) in [5.41, 5.74) is -0.874. The molecule has 7 heteroatoms. The highest BCUT2D eigenvalue weighted by molar-refractivity contribution is 5.81. The Morgan fingerprint density at radius 1 is 1.06 bits per heavy atom. The molecule has 3 fully saturated rings. The molecule has 1 heterocycles. The van der Waals surface area contributed by atoms with E-state index in [0.717, 1.165) is 50.3 Å². The van der Waals surface area contributed by atoms with Crippen molar-refractivity contribution in [1.29, 1.82) is 0 Å². The summed E-state index contributed by atoms with van der Waals surface area (Å²) in [6, 6.07) is 6.23. The van der Waals surface area contributed by atoms with Crippen LogP contribution in [0.25, 0.3) is 0 Å². The molecule has 1 aromatic carbocycles. The number of alkyl halides is 3. The van der Waals surface area contributed by atoms with Gasteiger partial charge in [0.2, 0.25) is 11.8 Å². The van der Waals surface area contributed by atoms with Crippen molar-refractivity contribution in [3.8, 4) is 0 Å². The fourth-order valence-corrected chi connectivity index (χ4v) is 8.15. The molecular weight excluding hydrogens is 465 g/mol. The Kier molecular flexibility index (Phi) is 5.88. The van der Waals surface area contributed by atoms with E-state index in [0.29, 0.717) is 24.7 Å². The molecule has 0 bridgehead atoms. The van der Waals surface area contributed by atoms with Crippen LogP contribution in [0.2, 0.25) is 0 Å². The number of benzene rings is 1. The van der Waals surface area contributed by atoms with Crippen LogP contribution in [0.15, 0.2) is 36.0 Å². The molecular formula is C29H37F3N2O2. The summed E-state index contributed by atoms with van der Waals surface area (Å²) in [7, 11) is 0. The largest absolute Gasteiger partial charge is 0.415 e. The SMILES string of the molecule is Cc1ccc(C(C)(NC(=O)[C@H]2CC[C@H]3[C@@H]4CC=C5NC(=O)CC[C@]5(C)[C@H]4CC[C@]23C)C(F)(F)F)cc1. The van der Waals surface area contributed by atoms with Crippen LogP contribution in [0, 0.1) is 41.4 Å². The molecule has 1 aromatic rings. The average Bonchev–Trinajstić information content (AvgIpc) is 3.16. The molecule has 36 heavy (non-hydrogen) atoms. The molecule has 3 aliphatic carbocycles. The van der Waals surface area contributed by atoms with Crippen LogP contribution in [0.5, 0.6) is 0 Å². The lowest BCUT2D eigenvalue weighted by atomic mass is 9.49. The van der Waals surface area contributed by atoms with Gasteiger partial charge in [0.15, 0.2) is 5.54 Å². The predicted molar refractivity (Wildman–Crippen MR) is 131 cm³/mol. The zero-order valence-corrected chi connectivity index (χ0v) is 21.6. The Labute approximate surface area is 211 Å². The van der Waals surface area contributed by atoms with E-state index >= 15 is 0 Å². The van der Waals surface area contributed by atoms with Gasteiger partial charge in [0.05, 0.1) is 0 Å². The van der Waals surface area contributed by atoms with Gasteiger partial charge in [-0.1, -0.05) is 49.8 Å². The van der Waals surface area contributed by atoms with Gasteiger partial charge in [-0.2, -0.15) is 13.2 Å². The topological polar surface area (TPSA) is 58.2 Å². The third-order valence-electron chi connectivity index (χ3n) is 10.5. The van der Waals surface area contributed by atoms with E-state index in [9.17, 15) is 22.8 Å². The lowest BCUT2D eigenvalue weighted by Crippen LogP contribution is -2.58. The summed E-state index contributed by atoms with van der Waals surface area (Å²) in [4.78, 5) is 25.6. The number of halogens is 3. The zero-order valence-electron chi connectivity index (χ0n) is 21.6. The zero-order chi connectivity index (χ0) is 26.1. The fraction of sp³-hybridized carbons (Fsp3) is 0.655. The summed E-state index contributed by atoms with van der Waals surface area (Å²) in [6.07, 6.45) is 2.98. The summed E-state index contributed by atoms with van der Waals surface area (Å²) in [5.74, 6) is 0.247. The maximum absolute atomic E-state index is 14.4. The highest BCUT2D eigenvalue weighted by Crippen LogP contribution is 2.65. The van der Waals surface area contributed by atoms with Crippen molar-refractivity contribution in [2.45, 2.75) is 84.4 Å². The first-order valence-electron chi connectivity index (χ1n) is 13.3. The van der Waals surface area contributed by atoms with E-state index in [2.05, 4.69) is 30.6 Å². The Balaban J connectivity index is 1.40. The Morgan fingerprint density at radius 2 is 1.75 bits per heavy atom. The van der Waals surface area contributed by atoms with Crippen molar-refractivity contribution in [3.63, 3.8) is 0 Å². The van der Waals surface area contributed by atoms with Gasteiger partial charge in [-0.25, -0.2) is 0 Å². The van der Waals surface area contributed by atoms with Gasteiger partial charge in [-0.05, 0) is 81.1 Å². The standard InChI is InChI=1S/C29H37F3N2O2/c1-17-5-7-18(8-6-17)28(4,29(30,31)32)34-25(36)22-11-10-20-19-9-12-23-27(3,16-14-24(35)33-23)21(19)13-15-26(20,22)2/h5-8,12,19-22H,9-11,13-16H2,1-4H3,(H,33,35)(H,34,36)/t19-,20-,21-,22+,26-,27+,28?/m0/s1. The molecule has 7 atom stereocenters. The molecule has 0 radical (unpaired) electrons. The number of carbonyl (C=O) groups is 2. The van der Waals surface area contributed by atoms with Crippen LogP contribution < -0.4 is 10.6 Å². The first-order chi connectivity index (χ1) is 16.8. The van der Waals surface area contributed by atoms with Crippen LogP contribution in [0.3, 0.4) is 0 Å². The van der Waals surface area contributed by atoms with E-state index < -0.39 is 23.5 Å². The van der Waals surface area contributed by atoms with Crippen molar-refractivity contribution >= 4 is 11.8 Å². The maximum atomic E-state index is 14.4. The Bertz CT molecular complexity index is 1100. The van der Waals surface area contributed by atoms with Gasteiger partial charge in [-0.3, -0.25) is 9.59 Å². The number of piperidine rings is 1. The number of nitrogens with one attached hydrogen (secondary N) is 2. The number of carbonyl (C=O) groups excluding carboxylic acids is 2. The van der Waals surface area contributed by atoms with Crippen LogP contribution >= 0.6 is 0 Å². The minimum atomic E-state index is -4.63. The Morgan fingerprint density at radius 3 is 2.42 bits per heavy atom. The van der Waals surface area contributed by atoms with Gasteiger partial charge in [-0.15, -0.1) is 0 Å². The molecule has 2 amide bonds. The number of fused-ring (bicyclic) bond motifs is 5. The summed E-state index contributed by atoms with van der Waals surface area (Å²) in [6.45, 7) is 7.29. The molecule has 2 saturated carbocycles. The maximum Gasteiger partial charge on any atom is 0.415 e. The van der Waals surface area contributed by atoms with Crippen LogP contribution in [0.4, 0.5) is 13.2 Å². The van der Waals surface area contributed by atoms with Crippen molar-refractivity contribution < 1.29 is 22.8 Å². The predicted octanol–water partition coefficient (Wildman–Crippen LogP) is 6.15. The molecule has 1 saturated heterocycles. The van der Waals surface area contributed by atoms with Gasteiger partial charge < -0.3 is 10.6 Å². The second kappa shape index (κ2) is 8.35. The van der Waals surface area contributed by atoms with E-state index in [1.54, 1.807) is 12.1 Å². The smallest absolute Gasteiger partial charge is 0.338 e. The monoisotopic (exact) mass is 502 g/mol. The lowest BCUT2D eigenvalue weighted by Gasteiger charge is -2.57. The highest BCUT2D eigenvalue weighted by atomic mass is 19.4. The van der Waals surface area contributed by atoms with Gasteiger partial charge in [0.1, 0.15) is 0 Å². The highest BCUT2D eigenvalue weighted by Gasteiger charge is 2.61. The molecule has 4 aliphatic rings. The van der Waals surface area contributed by atoms with Crippen LogP contribution in [0.1, 0.15) is 76.8 Å². The van der Waals surface area contributed by atoms with E-state index in [-0.39, 0.29) is 28.2 Å². The third kappa shape index (κ3) is 3.71. The van der Waals surface area contributed by atoms with Crippen molar-refractivity contribution in [3.05, 3.63) is 47.2 Å². The normalized spacial score (nSPS) is 37.5. The molecule has 2 N–H and O–H groups in total. The molecule has 1 unspecified atom stereocenters. The quantitative estimate of drug-likeness (QED) is 0.521. The first-order valence-corrected chi connectivity index (χ1v) is 13.3. The van der Waals surface area contributed by atoms with E-state index in [1.807, 2.05) is 6.92 Å². The Hall–Kier alpha value is -2.31. The van der Waals surface area contributed by atoms with Gasteiger partial charge >= 0.3 is 6.18 Å². The number of hydrogen-bond acceptors (Lipinski definition) is 2. The number of aryl methyl sites for hydroxylation is 1. The molecule has 1 aliphatic heterocycles. The second-order valence-electron chi connectivity index (χ2n) is 12.3. The molecule has 4 nitrogen and oxygen atoms in total. The summed E-state index contributed by atoms with van der Waals surface area (Å²) >= 11 is 0. The van der Waals surface area contributed by atoms with Crippen LogP contribution in [-0.4, -0.2) is 18.0 Å². The molecule has 0 spiro atoms. The minimum absolute atomic E-state index is 0.0505. The van der Waals surface area contributed by atoms with Gasteiger partial charge in [0.25, 0.3) is 0 Å². The molecule has 0 aromatic heterocycles. The second-order valence-corrected chi connectivity index (χ2v) is 12.3.